The fourth-order valence-corrected chi connectivity index (χ4v) is 4.71. The second-order valence-electron chi connectivity index (χ2n) is 9.26. The predicted octanol–water partition coefficient (Wildman–Crippen LogP) is 3.63. The third-order valence-electron chi connectivity index (χ3n) is 6.70. The summed E-state index contributed by atoms with van der Waals surface area (Å²) in [6.45, 7) is 5.26. The first-order valence-electron chi connectivity index (χ1n) is 12.5. The summed E-state index contributed by atoms with van der Waals surface area (Å²) in [6.07, 6.45) is 0. The van der Waals surface area contributed by atoms with Crippen molar-refractivity contribution in [3.63, 3.8) is 0 Å². The molecule has 1 N–H and O–H groups in total. The van der Waals surface area contributed by atoms with Crippen LogP contribution < -0.4 is 5.32 Å². The topological polar surface area (TPSA) is 79.7 Å². The molecule has 1 amide bonds. The van der Waals surface area contributed by atoms with Crippen LogP contribution in [0.25, 0.3) is 11.0 Å². The number of hydrogen-bond acceptors (Lipinski definition) is 6. The number of imidazole rings is 1. The van der Waals surface area contributed by atoms with Crippen molar-refractivity contribution < 1.29 is 14.3 Å². The minimum atomic E-state index is -0.397. The zero-order valence-electron chi connectivity index (χ0n) is 21.0. The lowest BCUT2D eigenvalue weighted by Crippen LogP contribution is -2.48. The SMILES string of the molecule is COC(=O)c1ccc(NC(=O)CN2CCN(Cc3nc4ccccc4n3Cc3ccccc3)CC2)cc1. The van der Waals surface area contributed by atoms with E-state index in [9.17, 15) is 9.59 Å². The fraction of sp³-hybridized carbons (Fsp3) is 0.276. The van der Waals surface area contributed by atoms with Crippen LogP contribution in [0.4, 0.5) is 5.69 Å². The van der Waals surface area contributed by atoms with Crippen molar-refractivity contribution in [3.8, 4) is 0 Å². The molecule has 0 aliphatic carbocycles. The average Bonchev–Trinajstić information content (AvgIpc) is 3.27. The number of piperazine rings is 1. The lowest BCUT2D eigenvalue weighted by Gasteiger charge is -2.34. The third kappa shape index (κ3) is 6.04. The van der Waals surface area contributed by atoms with Gasteiger partial charge in [0.1, 0.15) is 5.82 Å². The zero-order chi connectivity index (χ0) is 25.6. The van der Waals surface area contributed by atoms with Gasteiger partial charge in [0.2, 0.25) is 5.91 Å². The van der Waals surface area contributed by atoms with Crippen LogP contribution in [0.1, 0.15) is 21.7 Å². The Morgan fingerprint density at radius 1 is 0.838 bits per heavy atom. The second kappa shape index (κ2) is 11.4. The van der Waals surface area contributed by atoms with Gasteiger partial charge in [0.05, 0.1) is 36.8 Å². The smallest absolute Gasteiger partial charge is 0.337 e. The summed E-state index contributed by atoms with van der Waals surface area (Å²) in [7, 11) is 1.35. The summed E-state index contributed by atoms with van der Waals surface area (Å²) in [5.41, 5.74) is 4.53. The molecule has 0 radical (unpaired) electrons. The number of aromatic nitrogens is 2. The van der Waals surface area contributed by atoms with E-state index in [2.05, 4.69) is 62.1 Å². The number of rotatable bonds is 8. The highest BCUT2D eigenvalue weighted by molar-refractivity contribution is 5.94. The number of amides is 1. The highest BCUT2D eigenvalue weighted by Gasteiger charge is 2.21. The zero-order valence-corrected chi connectivity index (χ0v) is 21.0. The van der Waals surface area contributed by atoms with Crippen LogP contribution in [0.3, 0.4) is 0 Å². The van der Waals surface area contributed by atoms with Crippen LogP contribution in [0.2, 0.25) is 0 Å². The van der Waals surface area contributed by atoms with E-state index in [-0.39, 0.29) is 5.91 Å². The minimum Gasteiger partial charge on any atom is -0.465 e. The number of methoxy groups -OCH3 is 1. The molecule has 0 saturated carbocycles. The van der Waals surface area contributed by atoms with Gasteiger partial charge in [0, 0.05) is 38.4 Å². The molecule has 1 aliphatic rings. The van der Waals surface area contributed by atoms with E-state index in [1.165, 1.54) is 12.7 Å². The summed E-state index contributed by atoms with van der Waals surface area (Å²) >= 11 is 0. The monoisotopic (exact) mass is 497 g/mol. The van der Waals surface area contributed by atoms with E-state index in [4.69, 9.17) is 9.72 Å². The number of nitrogens with one attached hydrogen (secondary N) is 1. The standard InChI is InChI=1S/C29H31N5O3/c1-37-29(36)23-11-13-24(14-12-23)30-28(35)21-33-17-15-32(16-18-33)20-27-31-25-9-5-6-10-26(25)34(27)19-22-7-3-2-4-8-22/h2-14H,15-21H2,1H3,(H,30,35). The van der Waals surface area contributed by atoms with Crippen LogP contribution in [-0.2, 0) is 22.6 Å². The summed E-state index contributed by atoms with van der Waals surface area (Å²) in [5, 5.41) is 2.91. The summed E-state index contributed by atoms with van der Waals surface area (Å²) < 4.78 is 7.03. The maximum atomic E-state index is 12.6. The highest BCUT2D eigenvalue weighted by atomic mass is 16.5. The minimum absolute atomic E-state index is 0.0658. The summed E-state index contributed by atoms with van der Waals surface area (Å²) in [6, 6.07) is 25.5. The van der Waals surface area contributed by atoms with Crippen molar-refractivity contribution in [2.24, 2.45) is 0 Å². The molecule has 1 aromatic heterocycles. The Bertz CT molecular complexity index is 1360. The number of esters is 1. The van der Waals surface area contributed by atoms with Gasteiger partial charge >= 0.3 is 5.97 Å². The van der Waals surface area contributed by atoms with Crippen molar-refractivity contribution in [1.82, 2.24) is 19.4 Å². The number of nitrogens with zero attached hydrogens (tertiary/aromatic N) is 4. The van der Waals surface area contributed by atoms with E-state index < -0.39 is 5.97 Å². The predicted molar refractivity (Wildman–Crippen MR) is 143 cm³/mol. The van der Waals surface area contributed by atoms with Gasteiger partial charge in [0.15, 0.2) is 0 Å². The highest BCUT2D eigenvalue weighted by Crippen LogP contribution is 2.20. The molecule has 2 heterocycles. The molecule has 8 heteroatoms. The number of hydrogen-bond donors (Lipinski definition) is 1. The van der Waals surface area contributed by atoms with Gasteiger partial charge < -0.3 is 14.6 Å². The third-order valence-corrected chi connectivity index (χ3v) is 6.70. The van der Waals surface area contributed by atoms with E-state index in [0.29, 0.717) is 17.8 Å². The molecular formula is C29H31N5O3. The van der Waals surface area contributed by atoms with Gasteiger partial charge in [-0.3, -0.25) is 14.6 Å². The number of ether oxygens (including phenoxy) is 1. The molecule has 8 nitrogen and oxygen atoms in total. The number of carbonyl (C=O) groups excluding carboxylic acids is 2. The Morgan fingerprint density at radius 2 is 1.51 bits per heavy atom. The Hall–Kier alpha value is -4.01. The molecule has 1 fully saturated rings. The van der Waals surface area contributed by atoms with Gasteiger partial charge in [-0.15, -0.1) is 0 Å². The molecule has 1 saturated heterocycles. The number of para-hydroxylation sites is 2. The van der Waals surface area contributed by atoms with Crippen LogP contribution in [0.15, 0.2) is 78.9 Å². The lowest BCUT2D eigenvalue weighted by atomic mass is 10.2. The molecule has 0 unspecified atom stereocenters. The van der Waals surface area contributed by atoms with Crippen molar-refractivity contribution in [3.05, 3.63) is 95.8 Å². The summed E-state index contributed by atoms with van der Waals surface area (Å²) in [5.74, 6) is 0.599. The van der Waals surface area contributed by atoms with E-state index in [1.54, 1.807) is 24.3 Å². The molecule has 0 atom stereocenters. The second-order valence-corrected chi connectivity index (χ2v) is 9.26. The Morgan fingerprint density at radius 3 is 2.24 bits per heavy atom. The van der Waals surface area contributed by atoms with Gasteiger partial charge in [-0.2, -0.15) is 0 Å². The molecular weight excluding hydrogens is 466 g/mol. The normalized spacial score (nSPS) is 14.5. The van der Waals surface area contributed by atoms with E-state index in [0.717, 1.165) is 56.1 Å². The van der Waals surface area contributed by atoms with Gasteiger partial charge in [-0.1, -0.05) is 42.5 Å². The van der Waals surface area contributed by atoms with Crippen molar-refractivity contribution in [2.45, 2.75) is 13.1 Å². The van der Waals surface area contributed by atoms with Crippen LogP contribution in [-0.4, -0.2) is 71.1 Å². The number of anilines is 1. The molecule has 5 rings (SSSR count). The molecule has 37 heavy (non-hydrogen) atoms. The van der Waals surface area contributed by atoms with Crippen molar-refractivity contribution in [2.75, 3.05) is 45.2 Å². The molecule has 1 aliphatic heterocycles. The molecule has 0 spiro atoms. The Kier molecular flexibility index (Phi) is 7.58. The quantitative estimate of drug-likeness (QED) is 0.375. The largest absolute Gasteiger partial charge is 0.465 e. The number of carbonyl (C=O) groups is 2. The van der Waals surface area contributed by atoms with E-state index in [1.807, 2.05) is 12.1 Å². The maximum absolute atomic E-state index is 12.6. The van der Waals surface area contributed by atoms with Gasteiger partial charge in [0.25, 0.3) is 0 Å². The lowest BCUT2D eigenvalue weighted by molar-refractivity contribution is -0.117. The number of benzene rings is 3. The number of fused-ring (bicyclic) bond motifs is 1. The molecule has 190 valence electrons. The first-order chi connectivity index (χ1) is 18.1. The Balaban J connectivity index is 1.16. The van der Waals surface area contributed by atoms with Crippen LogP contribution in [0.5, 0.6) is 0 Å². The average molecular weight is 498 g/mol. The molecule has 0 bridgehead atoms. The summed E-state index contributed by atoms with van der Waals surface area (Å²) in [4.78, 5) is 33.7. The maximum Gasteiger partial charge on any atom is 0.337 e. The van der Waals surface area contributed by atoms with Gasteiger partial charge in [-0.25, -0.2) is 9.78 Å². The molecule has 3 aromatic carbocycles. The van der Waals surface area contributed by atoms with Gasteiger partial charge in [-0.05, 0) is 42.0 Å². The first kappa shape index (κ1) is 24.7. The fourth-order valence-electron chi connectivity index (χ4n) is 4.71. The Labute approximate surface area is 216 Å². The molecule has 4 aromatic rings. The van der Waals surface area contributed by atoms with Crippen molar-refractivity contribution >= 4 is 28.6 Å². The van der Waals surface area contributed by atoms with Crippen LogP contribution in [0, 0.1) is 0 Å². The van der Waals surface area contributed by atoms with Crippen molar-refractivity contribution in [1.29, 1.82) is 0 Å². The van der Waals surface area contributed by atoms with E-state index >= 15 is 0 Å². The first-order valence-corrected chi connectivity index (χ1v) is 12.5. The van der Waals surface area contributed by atoms with Crippen LogP contribution >= 0.6 is 0 Å².